The van der Waals surface area contributed by atoms with E-state index in [0.717, 1.165) is 6.42 Å². The standard InChI is InChI=1S/C17H21NOS2/c1-16(2)17(19-13-9-6-10-14(13)20-17)21-15(18-16)11-12-7-4-3-5-8-12/h3-5,7-8,13-14H,6,9-11H2,1-2H3/t13-,14-,17-/m1/s1. The smallest absolute Gasteiger partial charge is 0.191 e. The first-order valence-corrected chi connectivity index (χ1v) is 9.45. The Morgan fingerprint density at radius 3 is 2.81 bits per heavy atom. The van der Waals surface area contributed by atoms with E-state index in [0.29, 0.717) is 11.4 Å². The van der Waals surface area contributed by atoms with Crippen LogP contribution in [0.1, 0.15) is 38.7 Å². The van der Waals surface area contributed by atoms with Gasteiger partial charge >= 0.3 is 0 Å². The van der Waals surface area contributed by atoms with Crippen molar-refractivity contribution in [2.24, 2.45) is 4.99 Å². The maximum atomic E-state index is 6.53. The first kappa shape index (κ1) is 14.2. The Hall–Kier alpha value is -0.450. The van der Waals surface area contributed by atoms with Gasteiger partial charge in [-0.1, -0.05) is 42.1 Å². The molecule has 4 heteroatoms. The summed E-state index contributed by atoms with van der Waals surface area (Å²) in [5.41, 5.74) is 1.19. The summed E-state index contributed by atoms with van der Waals surface area (Å²) in [7, 11) is 0. The molecule has 1 saturated heterocycles. The molecule has 2 nitrogen and oxygen atoms in total. The molecule has 21 heavy (non-hydrogen) atoms. The van der Waals surface area contributed by atoms with E-state index in [-0.39, 0.29) is 9.80 Å². The van der Waals surface area contributed by atoms with Crippen LogP contribution in [0.2, 0.25) is 0 Å². The van der Waals surface area contributed by atoms with Crippen molar-refractivity contribution in [3.63, 3.8) is 0 Å². The van der Waals surface area contributed by atoms with Crippen LogP contribution in [0.4, 0.5) is 0 Å². The van der Waals surface area contributed by atoms with Crippen LogP contribution >= 0.6 is 23.5 Å². The normalized spacial score (nSPS) is 37.0. The molecule has 2 fully saturated rings. The second-order valence-electron chi connectivity index (χ2n) is 6.63. The summed E-state index contributed by atoms with van der Waals surface area (Å²) in [5, 5.41) is 1.90. The summed E-state index contributed by atoms with van der Waals surface area (Å²) in [6.45, 7) is 4.46. The van der Waals surface area contributed by atoms with Crippen molar-refractivity contribution in [3.8, 4) is 0 Å². The second-order valence-corrected chi connectivity index (χ2v) is 9.55. The van der Waals surface area contributed by atoms with E-state index in [1.54, 1.807) is 0 Å². The van der Waals surface area contributed by atoms with Crippen molar-refractivity contribution in [2.45, 2.75) is 60.7 Å². The quantitative estimate of drug-likeness (QED) is 0.801. The molecule has 0 radical (unpaired) electrons. The maximum Gasteiger partial charge on any atom is 0.191 e. The van der Waals surface area contributed by atoms with Crippen LogP contribution in [0.25, 0.3) is 0 Å². The highest BCUT2D eigenvalue weighted by Crippen LogP contribution is 2.62. The minimum absolute atomic E-state index is 0.142. The molecule has 0 amide bonds. The van der Waals surface area contributed by atoms with Gasteiger partial charge in [-0.3, -0.25) is 4.99 Å². The third-order valence-electron chi connectivity index (χ3n) is 4.61. The zero-order chi connectivity index (χ0) is 14.5. The van der Waals surface area contributed by atoms with Gasteiger partial charge in [-0.25, -0.2) is 0 Å². The number of benzene rings is 1. The Kier molecular flexibility index (Phi) is 3.40. The monoisotopic (exact) mass is 319 g/mol. The Morgan fingerprint density at radius 2 is 2.05 bits per heavy atom. The van der Waals surface area contributed by atoms with E-state index in [9.17, 15) is 0 Å². The summed E-state index contributed by atoms with van der Waals surface area (Å²) < 4.78 is 6.34. The van der Waals surface area contributed by atoms with Gasteiger partial charge in [-0.15, -0.1) is 11.8 Å². The molecular formula is C17H21NOS2. The summed E-state index contributed by atoms with van der Waals surface area (Å²) in [6.07, 6.45) is 5.23. The highest BCUT2D eigenvalue weighted by molar-refractivity contribution is 8.26. The molecule has 1 aromatic carbocycles. The fourth-order valence-electron chi connectivity index (χ4n) is 3.45. The molecule has 4 rings (SSSR count). The first-order chi connectivity index (χ1) is 10.1. The number of hydrogen-bond donors (Lipinski definition) is 0. The Bertz CT molecular complexity index is 557. The van der Waals surface area contributed by atoms with Crippen molar-refractivity contribution in [1.82, 2.24) is 0 Å². The van der Waals surface area contributed by atoms with Gasteiger partial charge in [0.25, 0.3) is 0 Å². The van der Waals surface area contributed by atoms with Crippen molar-refractivity contribution in [3.05, 3.63) is 35.9 Å². The summed E-state index contributed by atoms with van der Waals surface area (Å²) >= 11 is 3.91. The largest absolute Gasteiger partial charge is 0.348 e. The molecule has 1 aromatic rings. The molecule has 1 spiro atoms. The SMILES string of the molecule is CC1(C)N=C(Cc2ccccc2)S[C@@]12O[C@@H]1CCC[C@H]1S2. The lowest BCUT2D eigenvalue weighted by Gasteiger charge is -2.34. The molecule has 1 saturated carbocycles. The van der Waals surface area contributed by atoms with Crippen LogP contribution in [0.15, 0.2) is 35.3 Å². The molecular weight excluding hydrogens is 298 g/mol. The van der Waals surface area contributed by atoms with Crippen molar-refractivity contribution < 1.29 is 4.74 Å². The Morgan fingerprint density at radius 1 is 1.24 bits per heavy atom. The van der Waals surface area contributed by atoms with Crippen molar-refractivity contribution in [1.29, 1.82) is 0 Å². The average Bonchev–Trinajstić information content (AvgIpc) is 3.04. The Balaban J connectivity index is 1.55. The molecule has 1 aliphatic carbocycles. The lowest BCUT2D eigenvalue weighted by atomic mass is 10.1. The predicted molar refractivity (Wildman–Crippen MR) is 92.1 cm³/mol. The van der Waals surface area contributed by atoms with Gasteiger partial charge in [0.15, 0.2) is 4.27 Å². The van der Waals surface area contributed by atoms with Gasteiger partial charge < -0.3 is 4.74 Å². The van der Waals surface area contributed by atoms with E-state index in [1.165, 1.54) is 29.9 Å². The molecule has 0 unspecified atom stereocenters. The van der Waals surface area contributed by atoms with Crippen molar-refractivity contribution in [2.75, 3.05) is 0 Å². The van der Waals surface area contributed by atoms with Crippen LogP contribution in [0.3, 0.4) is 0 Å². The van der Waals surface area contributed by atoms with E-state index < -0.39 is 0 Å². The number of thioether (sulfide) groups is 2. The lowest BCUT2D eigenvalue weighted by Crippen LogP contribution is -2.40. The summed E-state index contributed by atoms with van der Waals surface area (Å²) in [5.74, 6) is 0. The average molecular weight is 319 g/mol. The topological polar surface area (TPSA) is 21.6 Å². The summed E-state index contributed by atoms with van der Waals surface area (Å²) in [4.78, 5) is 5.01. The molecule has 3 aliphatic rings. The van der Waals surface area contributed by atoms with E-state index >= 15 is 0 Å². The predicted octanol–water partition coefficient (Wildman–Crippen LogP) is 4.49. The number of nitrogens with zero attached hydrogens (tertiary/aromatic N) is 1. The molecule has 3 atom stereocenters. The maximum absolute atomic E-state index is 6.53. The number of hydrogen-bond acceptors (Lipinski definition) is 4. The number of aliphatic imine (C=N–C) groups is 1. The second kappa shape index (κ2) is 5.04. The lowest BCUT2D eigenvalue weighted by molar-refractivity contribution is 0.0123. The van der Waals surface area contributed by atoms with E-state index in [4.69, 9.17) is 9.73 Å². The van der Waals surface area contributed by atoms with Gasteiger partial charge in [0.1, 0.15) is 5.54 Å². The number of ether oxygens (including phenoxy) is 1. The van der Waals surface area contributed by atoms with Crippen LogP contribution in [0, 0.1) is 0 Å². The Labute approximate surface area is 135 Å². The van der Waals surface area contributed by atoms with Gasteiger partial charge in [-0.05, 0) is 38.7 Å². The fraction of sp³-hybridized carbons (Fsp3) is 0.588. The third kappa shape index (κ3) is 2.36. The fourth-order valence-corrected chi connectivity index (χ4v) is 7.14. The number of fused-ring (bicyclic) bond motifs is 1. The van der Waals surface area contributed by atoms with E-state index in [1.807, 2.05) is 23.5 Å². The molecule has 2 heterocycles. The zero-order valence-electron chi connectivity index (χ0n) is 12.5. The van der Waals surface area contributed by atoms with Gasteiger partial charge in [0.2, 0.25) is 0 Å². The first-order valence-electron chi connectivity index (χ1n) is 7.75. The molecule has 112 valence electrons. The molecule has 0 aromatic heterocycles. The molecule has 2 aliphatic heterocycles. The zero-order valence-corrected chi connectivity index (χ0v) is 14.2. The van der Waals surface area contributed by atoms with Gasteiger partial charge in [0.05, 0.1) is 11.1 Å². The highest BCUT2D eigenvalue weighted by atomic mass is 32.2. The minimum atomic E-state index is -0.188. The highest BCUT2D eigenvalue weighted by Gasteiger charge is 2.61. The van der Waals surface area contributed by atoms with Gasteiger partial charge in [0, 0.05) is 11.7 Å². The van der Waals surface area contributed by atoms with E-state index in [2.05, 4.69) is 44.2 Å². The minimum Gasteiger partial charge on any atom is -0.348 e. The van der Waals surface area contributed by atoms with Gasteiger partial charge in [-0.2, -0.15) is 0 Å². The van der Waals surface area contributed by atoms with Crippen molar-refractivity contribution >= 4 is 28.6 Å². The van der Waals surface area contributed by atoms with Crippen LogP contribution in [-0.2, 0) is 11.2 Å². The number of rotatable bonds is 2. The third-order valence-corrected chi connectivity index (χ3v) is 8.23. The summed E-state index contributed by atoms with van der Waals surface area (Å²) in [6, 6.07) is 10.6. The molecule has 0 bridgehead atoms. The molecule has 0 N–H and O–H groups in total. The van der Waals surface area contributed by atoms with Crippen LogP contribution < -0.4 is 0 Å². The van der Waals surface area contributed by atoms with Crippen LogP contribution in [0.5, 0.6) is 0 Å². The van der Waals surface area contributed by atoms with Crippen LogP contribution in [-0.4, -0.2) is 26.2 Å².